The zero-order valence-electron chi connectivity index (χ0n) is 12.4. The summed E-state index contributed by atoms with van der Waals surface area (Å²) >= 11 is 0. The largest absolute Gasteiger partial charge is 0.480 e. The zero-order chi connectivity index (χ0) is 16.0. The summed E-state index contributed by atoms with van der Waals surface area (Å²) in [4.78, 5) is 23.2. The highest BCUT2D eigenvalue weighted by molar-refractivity contribution is 5.69. The number of rotatable bonds is 8. The molecule has 0 saturated heterocycles. The number of carbonyl (C=O) groups is 1. The first-order valence-electron chi connectivity index (χ1n) is 6.56. The third kappa shape index (κ3) is 4.80. The van der Waals surface area contributed by atoms with Crippen molar-refractivity contribution in [2.45, 2.75) is 19.9 Å². The minimum Gasteiger partial charge on any atom is -0.480 e. The number of carboxylic acids is 1. The number of carboxylic acid groups (broad SMARTS) is 1. The second kappa shape index (κ2) is 7.70. The van der Waals surface area contributed by atoms with E-state index in [0.29, 0.717) is 24.3 Å². The molecule has 1 rings (SSSR count). The Labute approximate surface area is 123 Å². The van der Waals surface area contributed by atoms with Gasteiger partial charge in [0, 0.05) is 31.3 Å². The van der Waals surface area contributed by atoms with Gasteiger partial charge in [-0.25, -0.2) is 0 Å². The van der Waals surface area contributed by atoms with Gasteiger partial charge >= 0.3 is 5.97 Å². The molecule has 0 aromatic heterocycles. The molecule has 0 aliphatic rings. The first kappa shape index (κ1) is 17.1. The standard InChI is InChI=1S/C14H20N2O5/c1-10-4-5-12(8-13(10)16(19)20)11(2)15(6-7-21-3)9-14(17)18/h4-5,8,11H,6-7,9H2,1-3H3,(H,17,18). The van der Waals surface area contributed by atoms with Gasteiger partial charge in [-0.2, -0.15) is 0 Å². The average molecular weight is 296 g/mol. The Morgan fingerprint density at radius 2 is 2.19 bits per heavy atom. The van der Waals surface area contributed by atoms with Gasteiger partial charge in [-0.3, -0.25) is 19.8 Å². The average Bonchev–Trinajstić information content (AvgIpc) is 2.42. The van der Waals surface area contributed by atoms with Gasteiger partial charge in [0.1, 0.15) is 0 Å². The number of nitro benzene ring substituents is 1. The van der Waals surface area contributed by atoms with Crippen molar-refractivity contribution < 1.29 is 19.6 Å². The molecule has 7 nitrogen and oxygen atoms in total. The predicted molar refractivity (Wildman–Crippen MR) is 77.3 cm³/mol. The van der Waals surface area contributed by atoms with Gasteiger partial charge in [0.05, 0.1) is 18.1 Å². The van der Waals surface area contributed by atoms with E-state index in [-0.39, 0.29) is 18.3 Å². The van der Waals surface area contributed by atoms with Crippen molar-refractivity contribution in [3.63, 3.8) is 0 Å². The lowest BCUT2D eigenvalue weighted by Crippen LogP contribution is -2.35. The molecular formula is C14H20N2O5. The van der Waals surface area contributed by atoms with E-state index in [2.05, 4.69) is 0 Å². The second-order valence-electron chi connectivity index (χ2n) is 4.84. The van der Waals surface area contributed by atoms with Crippen LogP contribution in [0.3, 0.4) is 0 Å². The Balaban J connectivity index is 3.01. The fourth-order valence-electron chi connectivity index (χ4n) is 2.09. The predicted octanol–water partition coefficient (Wildman–Crippen LogP) is 2.00. The number of benzene rings is 1. The van der Waals surface area contributed by atoms with Crippen LogP contribution in [0.1, 0.15) is 24.1 Å². The molecule has 0 heterocycles. The van der Waals surface area contributed by atoms with Crippen LogP contribution in [0.4, 0.5) is 5.69 Å². The number of hydrogen-bond donors (Lipinski definition) is 1. The molecule has 1 unspecified atom stereocenters. The van der Waals surface area contributed by atoms with E-state index in [4.69, 9.17) is 9.84 Å². The highest BCUT2D eigenvalue weighted by atomic mass is 16.6. The summed E-state index contributed by atoms with van der Waals surface area (Å²) in [6, 6.07) is 4.71. The van der Waals surface area contributed by atoms with E-state index < -0.39 is 10.9 Å². The van der Waals surface area contributed by atoms with Crippen LogP contribution in [0.2, 0.25) is 0 Å². The van der Waals surface area contributed by atoms with Gasteiger partial charge < -0.3 is 9.84 Å². The summed E-state index contributed by atoms with van der Waals surface area (Å²) in [7, 11) is 1.54. The van der Waals surface area contributed by atoms with Crippen molar-refractivity contribution in [1.82, 2.24) is 4.90 Å². The highest BCUT2D eigenvalue weighted by Gasteiger charge is 2.21. The van der Waals surface area contributed by atoms with Gasteiger partial charge in [-0.05, 0) is 19.4 Å². The van der Waals surface area contributed by atoms with E-state index >= 15 is 0 Å². The van der Waals surface area contributed by atoms with E-state index in [0.717, 1.165) is 0 Å². The van der Waals surface area contributed by atoms with Crippen molar-refractivity contribution >= 4 is 11.7 Å². The SMILES string of the molecule is COCCN(CC(=O)O)C(C)c1ccc(C)c([N+](=O)[O-])c1. The van der Waals surface area contributed by atoms with Gasteiger partial charge in [0.25, 0.3) is 5.69 Å². The minimum atomic E-state index is -0.945. The van der Waals surface area contributed by atoms with Gasteiger partial charge in [-0.15, -0.1) is 0 Å². The molecule has 116 valence electrons. The van der Waals surface area contributed by atoms with Crippen LogP contribution in [0.15, 0.2) is 18.2 Å². The fraction of sp³-hybridized carbons (Fsp3) is 0.500. The quantitative estimate of drug-likeness (QED) is 0.582. The Bertz CT molecular complexity index is 518. The molecule has 0 bridgehead atoms. The Hall–Kier alpha value is -1.99. The van der Waals surface area contributed by atoms with Crippen molar-refractivity contribution in [3.05, 3.63) is 39.4 Å². The van der Waals surface area contributed by atoms with Crippen LogP contribution in [-0.4, -0.2) is 47.7 Å². The molecule has 0 fully saturated rings. The Morgan fingerprint density at radius 3 is 2.71 bits per heavy atom. The maximum absolute atomic E-state index is 11.0. The molecule has 1 aromatic rings. The lowest BCUT2D eigenvalue weighted by Gasteiger charge is -2.27. The highest BCUT2D eigenvalue weighted by Crippen LogP contribution is 2.26. The fourth-order valence-corrected chi connectivity index (χ4v) is 2.09. The van der Waals surface area contributed by atoms with Crippen LogP contribution in [0.5, 0.6) is 0 Å². The maximum atomic E-state index is 11.0. The molecule has 0 aliphatic heterocycles. The number of aryl methyl sites for hydroxylation is 1. The summed E-state index contributed by atoms with van der Waals surface area (Å²) in [6.07, 6.45) is 0. The Kier molecular flexibility index (Phi) is 6.26. The third-order valence-electron chi connectivity index (χ3n) is 3.38. The monoisotopic (exact) mass is 296 g/mol. The normalized spacial score (nSPS) is 12.4. The molecule has 21 heavy (non-hydrogen) atoms. The summed E-state index contributed by atoms with van der Waals surface area (Å²) in [5.74, 6) is -0.945. The molecule has 1 N–H and O–H groups in total. The first-order chi connectivity index (χ1) is 9.86. The number of nitro groups is 1. The van der Waals surface area contributed by atoms with E-state index in [9.17, 15) is 14.9 Å². The number of hydrogen-bond acceptors (Lipinski definition) is 5. The van der Waals surface area contributed by atoms with Gasteiger partial charge in [-0.1, -0.05) is 12.1 Å². The van der Waals surface area contributed by atoms with Gasteiger partial charge in [0.2, 0.25) is 0 Å². The second-order valence-corrected chi connectivity index (χ2v) is 4.84. The summed E-state index contributed by atoms with van der Waals surface area (Å²) in [6.45, 7) is 4.18. The summed E-state index contributed by atoms with van der Waals surface area (Å²) in [5, 5.41) is 20.0. The molecule has 0 spiro atoms. The van der Waals surface area contributed by atoms with Gasteiger partial charge in [0.15, 0.2) is 0 Å². The number of aliphatic carboxylic acids is 1. The van der Waals surface area contributed by atoms with E-state index in [1.165, 1.54) is 6.07 Å². The van der Waals surface area contributed by atoms with Crippen LogP contribution >= 0.6 is 0 Å². The Morgan fingerprint density at radius 1 is 1.52 bits per heavy atom. The number of nitrogens with zero attached hydrogens (tertiary/aromatic N) is 2. The molecule has 0 aliphatic carbocycles. The molecule has 1 atom stereocenters. The van der Waals surface area contributed by atoms with Crippen molar-refractivity contribution in [1.29, 1.82) is 0 Å². The smallest absolute Gasteiger partial charge is 0.317 e. The van der Waals surface area contributed by atoms with Crippen LogP contribution < -0.4 is 0 Å². The summed E-state index contributed by atoms with van der Waals surface area (Å²) < 4.78 is 4.98. The molecule has 0 amide bonds. The van der Waals surface area contributed by atoms with E-state index in [1.54, 1.807) is 31.1 Å². The lowest BCUT2D eigenvalue weighted by molar-refractivity contribution is -0.385. The van der Waals surface area contributed by atoms with Crippen molar-refractivity contribution in [2.24, 2.45) is 0 Å². The van der Waals surface area contributed by atoms with Crippen LogP contribution in [0.25, 0.3) is 0 Å². The lowest BCUT2D eigenvalue weighted by atomic mass is 10.0. The van der Waals surface area contributed by atoms with Crippen LogP contribution in [-0.2, 0) is 9.53 Å². The van der Waals surface area contributed by atoms with Crippen LogP contribution in [0, 0.1) is 17.0 Å². The number of ether oxygens (including phenoxy) is 1. The first-order valence-corrected chi connectivity index (χ1v) is 6.56. The van der Waals surface area contributed by atoms with Crippen molar-refractivity contribution in [3.8, 4) is 0 Å². The zero-order valence-corrected chi connectivity index (χ0v) is 12.4. The van der Waals surface area contributed by atoms with E-state index in [1.807, 2.05) is 6.92 Å². The maximum Gasteiger partial charge on any atom is 0.317 e. The molecule has 0 saturated carbocycles. The molecular weight excluding hydrogens is 276 g/mol. The summed E-state index contributed by atoms with van der Waals surface area (Å²) in [5.41, 5.74) is 1.34. The number of methoxy groups -OCH3 is 1. The topological polar surface area (TPSA) is 92.9 Å². The molecule has 7 heteroatoms. The molecule has 0 radical (unpaired) electrons. The molecule has 1 aromatic carbocycles. The van der Waals surface area contributed by atoms with Crippen molar-refractivity contribution in [2.75, 3.05) is 26.8 Å². The minimum absolute atomic E-state index is 0.0429. The third-order valence-corrected chi connectivity index (χ3v) is 3.38.